The SMILES string of the molecule is OC/C=C1/CN2CC[C@@]34c5ccccc5N5[C@@H]6OCC=C7CN8CC[C@]9%10c%11ccccc%11N(/C=C(/[C@H]1C[C@H]23)[C@H]54)[C@H]9[C@H]6[C@H]7C[C@H]8%10. The van der Waals surface area contributed by atoms with Gasteiger partial charge < -0.3 is 19.6 Å². The second kappa shape index (κ2) is 7.90. The summed E-state index contributed by atoms with van der Waals surface area (Å²) in [5, 5.41) is 10.2. The number of ether oxygens (including phenoxy) is 1. The molecule has 8 heterocycles. The van der Waals surface area contributed by atoms with Gasteiger partial charge in [0.2, 0.25) is 0 Å². The van der Waals surface area contributed by atoms with Crippen LogP contribution in [0.4, 0.5) is 11.4 Å². The van der Waals surface area contributed by atoms with Crippen molar-refractivity contribution in [1.29, 1.82) is 0 Å². The average Bonchev–Trinajstić information content (AvgIpc) is 3.74. The second-order valence-electron chi connectivity index (χ2n) is 15.6. The van der Waals surface area contributed by atoms with Gasteiger partial charge in [0.15, 0.2) is 0 Å². The van der Waals surface area contributed by atoms with E-state index in [4.69, 9.17) is 4.74 Å². The molecule has 0 unspecified atom stereocenters. The minimum atomic E-state index is 0.0351. The summed E-state index contributed by atoms with van der Waals surface area (Å²) in [5.74, 6) is 1.32. The Morgan fingerprint density at radius 2 is 1.64 bits per heavy atom. The minimum Gasteiger partial charge on any atom is -0.392 e. The monoisotopic (exact) mass is 584 g/mol. The molecule has 2 saturated carbocycles. The predicted molar refractivity (Wildman–Crippen MR) is 170 cm³/mol. The van der Waals surface area contributed by atoms with Crippen LogP contribution in [0.25, 0.3) is 0 Å². The van der Waals surface area contributed by atoms with E-state index in [9.17, 15) is 5.11 Å². The van der Waals surface area contributed by atoms with Crippen molar-refractivity contribution >= 4 is 11.4 Å². The van der Waals surface area contributed by atoms with Crippen LogP contribution in [0.3, 0.4) is 0 Å². The molecule has 6 fully saturated rings. The smallest absolute Gasteiger partial charge is 0.136 e. The van der Waals surface area contributed by atoms with E-state index in [1.165, 1.54) is 42.8 Å². The number of fused-ring (bicyclic) bond motifs is 7. The summed E-state index contributed by atoms with van der Waals surface area (Å²) < 4.78 is 7.30. The highest BCUT2D eigenvalue weighted by atomic mass is 16.5. The van der Waals surface area contributed by atoms with Crippen molar-refractivity contribution in [2.75, 3.05) is 49.2 Å². The molecule has 8 aliphatic heterocycles. The molecule has 2 spiro atoms. The molecule has 0 amide bonds. The van der Waals surface area contributed by atoms with E-state index in [2.05, 4.69) is 86.5 Å². The number of hydrogen-bond donors (Lipinski definition) is 1. The zero-order valence-corrected chi connectivity index (χ0v) is 25.2. The lowest BCUT2D eigenvalue weighted by molar-refractivity contribution is -0.0474. The number of anilines is 2. The molecule has 0 radical (unpaired) electrons. The number of piperidine rings is 2. The first-order chi connectivity index (χ1) is 21.7. The maximum Gasteiger partial charge on any atom is 0.136 e. The molecular weight excluding hydrogens is 544 g/mol. The van der Waals surface area contributed by atoms with Crippen LogP contribution in [0.15, 0.2) is 83.6 Å². The van der Waals surface area contributed by atoms with Gasteiger partial charge in [-0.2, -0.15) is 0 Å². The molecule has 2 aromatic carbocycles. The summed E-state index contributed by atoms with van der Waals surface area (Å²) in [7, 11) is 0. The average molecular weight is 585 g/mol. The number of benzene rings is 2. The molecule has 6 nitrogen and oxygen atoms in total. The normalized spacial score (nSPS) is 46.9. The third-order valence-corrected chi connectivity index (χ3v) is 14.7. The van der Waals surface area contributed by atoms with E-state index in [1.807, 2.05) is 0 Å². The van der Waals surface area contributed by atoms with E-state index < -0.39 is 0 Å². The van der Waals surface area contributed by atoms with Crippen LogP contribution in [0.2, 0.25) is 0 Å². The van der Waals surface area contributed by atoms with Gasteiger partial charge in [-0.1, -0.05) is 59.7 Å². The number of hydrogen-bond acceptors (Lipinski definition) is 6. The van der Waals surface area contributed by atoms with E-state index in [1.54, 1.807) is 22.3 Å². The molecule has 2 aromatic rings. The predicted octanol–water partition coefficient (Wildman–Crippen LogP) is 4.17. The molecule has 1 N–H and O–H groups in total. The van der Waals surface area contributed by atoms with Gasteiger partial charge in [-0.3, -0.25) is 9.80 Å². The van der Waals surface area contributed by atoms with Crippen molar-refractivity contribution in [2.24, 2.45) is 17.8 Å². The fourth-order valence-electron chi connectivity index (χ4n) is 13.5. The lowest BCUT2D eigenvalue weighted by Gasteiger charge is -2.61. The lowest BCUT2D eigenvalue weighted by atomic mass is 9.54. The standard InChI is InChI=1S/C38H40N4O2/c43-15-9-22-19-39-13-11-37-28-6-2-4-8-30(28)42-34(37)26(24(22)17-31(37)39)21-41-29-7-3-1-5-27(29)38-12-14-40-20-23-10-16-44-36(42)33(35(38)41)25(23)18-32(38)40/h1-10,21,24-25,31-36,43H,11-20H2/b22-9-,26-21-/t24-,25-,31-,32-,33+,34-,35-,36+,37+,38+/m0/s1. The van der Waals surface area contributed by atoms with Crippen LogP contribution in [0.1, 0.15) is 36.8 Å². The van der Waals surface area contributed by atoms with Gasteiger partial charge in [0.25, 0.3) is 0 Å². The summed E-state index contributed by atoms with van der Waals surface area (Å²) in [6.07, 6.45) is 12.2. The quantitative estimate of drug-likeness (QED) is 0.508. The molecule has 2 aliphatic carbocycles. The topological polar surface area (TPSA) is 42.4 Å². The Balaban J connectivity index is 1.19. The summed E-state index contributed by atoms with van der Waals surface area (Å²) in [4.78, 5) is 11.3. The molecule has 12 rings (SSSR count). The van der Waals surface area contributed by atoms with E-state index in [-0.39, 0.29) is 29.7 Å². The van der Waals surface area contributed by atoms with Gasteiger partial charge in [-0.15, -0.1) is 0 Å². The van der Waals surface area contributed by atoms with Crippen molar-refractivity contribution in [2.45, 2.75) is 66.9 Å². The highest BCUT2D eigenvalue weighted by Gasteiger charge is 2.73. The summed E-state index contributed by atoms with van der Waals surface area (Å²) in [6, 6.07) is 20.8. The maximum atomic E-state index is 10.2. The van der Waals surface area contributed by atoms with Gasteiger partial charge in [0.05, 0.1) is 25.3 Å². The Morgan fingerprint density at radius 1 is 0.886 bits per heavy atom. The fourth-order valence-corrected chi connectivity index (χ4v) is 13.5. The molecule has 44 heavy (non-hydrogen) atoms. The van der Waals surface area contributed by atoms with Crippen molar-refractivity contribution in [3.8, 4) is 0 Å². The zero-order valence-electron chi connectivity index (χ0n) is 25.2. The first-order valence-corrected chi connectivity index (χ1v) is 17.3. The Labute approximate surface area is 259 Å². The third kappa shape index (κ3) is 2.45. The highest BCUT2D eigenvalue weighted by Crippen LogP contribution is 2.69. The third-order valence-electron chi connectivity index (χ3n) is 14.7. The van der Waals surface area contributed by atoms with E-state index in [0.29, 0.717) is 42.5 Å². The largest absolute Gasteiger partial charge is 0.392 e. The number of aliphatic hydroxyl groups is 1. The Morgan fingerprint density at radius 3 is 2.50 bits per heavy atom. The molecule has 4 bridgehead atoms. The highest BCUT2D eigenvalue weighted by molar-refractivity contribution is 5.75. The summed E-state index contributed by atoms with van der Waals surface area (Å²) in [6.45, 7) is 5.28. The Hall–Kier alpha value is -2.90. The van der Waals surface area contributed by atoms with Crippen molar-refractivity contribution in [1.82, 2.24) is 9.80 Å². The van der Waals surface area contributed by atoms with Gasteiger partial charge in [-0.25, -0.2) is 0 Å². The van der Waals surface area contributed by atoms with E-state index >= 15 is 0 Å². The Kier molecular flexibility index (Phi) is 4.37. The molecular formula is C38H40N4O2. The van der Waals surface area contributed by atoms with Crippen LogP contribution in [-0.2, 0) is 15.6 Å². The zero-order chi connectivity index (χ0) is 28.5. The first-order valence-electron chi connectivity index (χ1n) is 17.3. The van der Waals surface area contributed by atoms with Crippen molar-refractivity contribution in [3.63, 3.8) is 0 Å². The lowest BCUT2D eigenvalue weighted by Crippen LogP contribution is -2.70. The molecule has 6 heteroatoms. The van der Waals surface area contributed by atoms with Crippen LogP contribution in [0.5, 0.6) is 0 Å². The van der Waals surface area contributed by atoms with Crippen molar-refractivity contribution < 1.29 is 9.84 Å². The minimum absolute atomic E-state index is 0.0351. The van der Waals surface area contributed by atoms with Gasteiger partial charge >= 0.3 is 0 Å². The van der Waals surface area contributed by atoms with Crippen LogP contribution in [-0.4, -0.2) is 84.7 Å². The molecule has 224 valence electrons. The first kappa shape index (κ1) is 24.3. The Bertz CT molecular complexity index is 1750. The summed E-state index contributed by atoms with van der Waals surface area (Å²) in [5.41, 5.74) is 10.9. The number of para-hydroxylation sites is 2. The second-order valence-corrected chi connectivity index (χ2v) is 15.6. The number of nitrogens with zero attached hydrogens (tertiary/aromatic N) is 4. The molecule has 0 aromatic heterocycles. The fraction of sp³-hybridized carbons (Fsp3) is 0.526. The number of rotatable bonds is 1. The van der Waals surface area contributed by atoms with Crippen LogP contribution >= 0.6 is 0 Å². The molecule has 4 saturated heterocycles. The van der Waals surface area contributed by atoms with Crippen molar-refractivity contribution in [3.05, 3.63) is 94.7 Å². The van der Waals surface area contributed by atoms with Gasteiger partial charge in [0, 0.05) is 65.4 Å². The molecule has 10 atom stereocenters. The molecule has 10 aliphatic rings. The van der Waals surface area contributed by atoms with Crippen LogP contribution < -0.4 is 9.80 Å². The van der Waals surface area contributed by atoms with Gasteiger partial charge in [-0.05, 0) is 73.5 Å². The maximum absolute atomic E-state index is 10.2. The van der Waals surface area contributed by atoms with Gasteiger partial charge in [0.1, 0.15) is 6.23 Å². The van der Waals surface area contributed by atoms with Crippen LogP contribution in [0, 0.1) is 17.8 Å². The number of aliphatic hydroxyl groups excluding tert-OH is 1. The van der Waals surface area contributed by atoms with E-state index in [0.717, 1.165) is 26.1 Å². The summed E-state index contributed by atoms with van der Waals surface area (Å²) >= 11 is 0.